The highest BCUT2D eigenvalue weighted by Crippen LogP contribution is 2.65. The number of hydrogen-bond acceptors (Lipinski definition) is 4. The standard InChI is InChI=1S/C31H31N5O2/c1-30-14-19-12-20(15-30)17-31(16-19,18-30)29(38)34-22-7-5-21(6-8-22)27-35-24-10-9-23(13-26(24)36-27)33-28(37)25-4-2-3-11-32-25/h2-11,13,19-20H,12,14-18H2,1H3,(H,33,37)(H,34,38)(H,35,36). The van der Waals surface area contributed by atoms with Gasteiger partial charge in [-0.2, -0.15) is 0 Å². The summed E-state index contributed by atoms with van der Waals surface area (Å²) in [6.07, 6.45) is 8.62. The SMILES string of the molecule is CC12CC3CC(C1)CC(C(=O)Nc1ccc(-c4nc5ccc(NC(=O)c6ccccn6)cc5[nH]4)cc1)(C3)C2. The second kappa shape index (κ2) is 8.51. The minimum atomic E-state index is -0.259. The first kappa shape index (κ1) is 23.1. The van der Waals surface area contributed by atoms with Crippen molar-refractivity contribution in [3.63, 3.8) is 0 Å². The average Bonchev–Trinajstić information content (AvgIpc) is 3.32. The summed E-state index contributed by atoms with van der Waals surface area (Å²) in [6, 6.07) is 18.7. The maximum atomic E-state index is 13.5. The molecule has 2 aromatic heterocycles. The van der Waals surface area contributed by atoms with Crippen molar-refractivity contribution in [2.75, 3.05) is 10.6 Å². The number of aromatic amines is 1. The molecule has 2 amide bonds. The average molecular weight is 506 g/mol. The number of H-pyrrole nitrogens is 1. The van der Waals surface area contributed by atoms with Crippen LogP contribution in [-0.4, -0.2) is 26.8 Å². The second-order valence-electron chi connectivity index (χ2n) is 12.1. The largest absolute Gasteiger partial charge is 0.338 e. The predicted octanol–water partition coefficient (Wildman–Crippen LogP) is 6.42. The van der Waals surface area contributed by atoms with Gasteiger partial charge in [-0.15, -0.1) is 0 Å². The molecule has 0 aliphatic heterocycles. The summed E-state index contributed by atoms with van der Waals surface area (Å²) in [5.41, 5.74) is 4.57. The number of amides is 2. The zero-order chi connectivity index (χ0) is 25.9. The number of pyridine rings is 1. The highest BCUT2D eigenvalue weighted by atomic mass is 16.2. The second-order valence-corrected chi connectivity index (χ2v) is 12.1. The van der Waals surface area contributed by atoms with Crippen molar-refractivity contribution in [3.05, 3.63) is 72.6 Å². The fourth-order valence-corrected chi connectivity index (χ4v) is 7.88. The number of rotatable bonds is 5. The van der Waals surface area contributed by atoms with Crippen LogP contribution in [0.2, 0.25) is 0 Å². The van der Waals surface area contributed by atoms with E-state index in [1.165, 1.54) is 19.3 Å². The van der Waals surface area contributed by atoms with Crippen LogP contribution in [-0.2, 0) is 4.79 Å². The molecular formula is C31H31N5O2. The molecule has 2 heterocycles. The summed E-state index contributed by atoms with van der Waals surface area (Å²) in [7, 11) is 0. The van der Waals surface area contributed by atoms with E-state index in [2.05, 4.69) is 27.5 Å². The van der Waals surface area contributed by atoms with Crippen LogP contribution in [0.25, 0.3) is 22.4 Å². The number of aromatic nitrogens is 3. The highest BCUT2D eigenvalue weighted by Gasteiger charge is 2.58. The minimum Gasteiger partial charge on any atom is -0.338 e. The van der Waals surface area contributed by atoms with Crippen molar-refractivity contribution in [2.24, 2.45) is 22.7 Å². The molecule has 38 heavy (non-hydrogen) atoms. The van der Waals surface area contributed by atoms with Gasteiger partial charge in [0.05, 0.1) is 16.4 Å². The van der Waals surface area contributed by atoms with Crippen LogP contribution in [0, 0.1) is 22.7 Å². The van der Waals surface area contributed by atoms with Gasteiger partial charge in [-0.1, -0.05) is 13.0 Å². The number of nitrogens with one attached hydrogen (secondary N) is 3. The third kappa shape index (κ3) is 4.06. The number of fused-ring (bicyclic) bond motifs is 1. The third-order valence-corrected chi connectivity index (χ3v) is 8.89. The van der Waals surface area contributed by atoms with Gasteiger partial charge in [-0.3, -0.25) is 14.6 Å². The third-order valence-electron chi connectivity index (χ3n) is 8.89. The molecule has 4 fully saturated rings. The molecule has 4 aromatic rings. The Hall–Kier alpha value is -4.00. The maximum Gasteiger partial charge on any atom is 0.274 e. The summed E-state index contributed by atoms with van der Waals surface area (Å²) in [5, 5.41) is 6.13. The number of carbonyl (C=O) groups is 2. The van der Waals surface area contributed by atoms with E-state index in [0.717, 1.165) is 47.4 Å². The molecule has 0 spiro atoms. The molecule has 8 rings (SSSR count). The molecule has 192 valence electrons. The number of imidazole rings is 1. The molecule has 2 atom stereocenters. The molecule has 7 nitrogen and oxygen atoms in total. The van der Waals surface area contributed by atoms with E-state index in [4.69, 9.17) is 4.98 Å². The van der Waals surface area contributed by atoms with Crippen LogP contribution >= 0.6 is 0 Å². The lowest BCUT2D eigenvalue weighted by molar-refractivity contribution is -0.149. The van der Waals surface area contributed by atoms with E-state index in [0.29, 0.717) is 28.6 Å². The van der Waals surface area contributed by atoms with Crippen LogP contribution in [0.4, 0.5) is 11.4 Å². The smallest absolute Gasteiger partial charge is 0.274 e. The van der Waals surface area contributed by atoms with Gasteiger partial charge in [-0.25, -0.2) is 4.98 Å². The summed E-state index contributed by atoms with van der Waals surface area (Å²) in [4.78, 5) is 38.1. The molecule has 7 heteroatoms. The Morgan fingerprint density at radius 1 is 0.921 bits per heavy atom. The first-order valence-electron chi connectivity index (χ1n) is 13.5. The fraction of sp³-hybridized carbons (Fsp3) is 0.355. The van der Waals surface area contributed by atoms with E-state index < -0.39 is 0 Å². The van der Waals surface area contributed by atoms with Crippen molar-refractivity contribution in [3.8, 4) is 11.4 Å². The van der Waals surface area contributed by atoms with Crippen molar-refractivity contribution in [1.29, 1.82) is 0 Å². The monoisotopic (exact) mass is 505 g/mol. The van der Waals surface area contributed by atoms with Crippen LogP contribution in [0.3, 0.4) is 0 Å². The lowest BCUT2D eigenvalue weighted by Gasteiger charge is -2.60. The first-order chi connectivity index (χ1) is 18.4. The highest BCUT2D eigenvalue weighted by molar-refractivity contribution is 6.03. The predicted molar refractivity (Wildman–Crippen MR) is 148 cm³/mol. The van der Waals surface area contributed by atoms with Crippen molar-refractivity contribution in [1.82, 2.24) is 15.0 Å². The van der Waals surface area contributed by atoms with Crippen LogP contribution in [0.15, 0.2) is 66.9 Å². The maximum absolute atomic E-state index is 13.5. The summed E-state index contributed by atoms with van der Waals surface area (Å²) in [6.45, 7) is 2.39. The summed E-state index contributed by atoms with van der Waals surface area (Å²) >= 11 is 0. The minimum absolute atomic E-state index is 0.195. The number of nitrogens with zero attached hydrogens (tertiary/aromatic N) is 2. The van der Waals surface area contributed by atoms with Gasteiger partial charge in [0, 0.05) is 23.1 Å². The molecule has 4 saturated carbocycles. The van der Waals surface area contributed by atoms with Gasteiger partial charge < -0.3 is 15.6 Å². The Bertz CT molecular complexity index is 1530. The molecule has 0 saturated heterocycles. The summed E-state index contributed by atoms with van der Waals surface area (Å²) in [5.74, 6) is 2.11. The van der Waals surface area contributed by atoms with Gasteiger partial charge in [0.25, 0.3) is 5.91 Å². The summed E-state index contributed by atoms with van der Waals surface area (Å²) < 4.78 is 0. The number of carbonyl (C=O) groups excluding carboxylic acids is 2. The molecule has 2 unspecified atom stereocenters. The normalized spacial score (nSPS) is 27.4. The Kier molecular flexibility index (Phi) is 5.18. The topological polar surface area (TPSA) is 99.8 Å². The number of hydrogen-bond donors (Lipinski definition) is 3. The van der Waals surface area contributed by atoms with Crippen molar-refractivity contribution < 1.29 is 9.59 Å². The van der Waals surface area contributed by atoms with Crippen LogP contribution in [0.1, 0.15) is 55.9 Å². The van der Waals surface area contributed by atoms with Crippen molar-refractivity contribution >= 4 is 34.2 Å². The van der Waals surface area contributed by atoms with Gasteiger partial charge in [-0.05, 0) is 110 Å². The van der Waals surface area contributed by atoms with E-state index in [1.807, 2.05) is 42.5 Å². The van der Waals surface area contributed by atoms with E-state index in [9.17, 15) is 9.59 Å². The van der Waals surface area contributed by atoms with E-state index in [1.54, 1.807) is 24.4 Å². The quantitative estimate of drug-likeness (QED) is 0.291. The van der Waals surface area contributed by atoms with Crippen LogP contribution in [0.5, 0.6) is 0 Å². The molecule has 4 aliphatic rings. The fourth-order valence-electron chi connectivity index (χ4n) is 7.88. The molecule has 0 radical (unpaired) electrons. The number of anilines is 2. The lowest BCUT2D eigenvalue weighted by atomic mass is 9.44. The molecule has 2 aromatic carbocycles. The van der Waals surface area contributed by atoms with Gasteiger partial charge >= 0.3 is 0 Å². The zero-order valence-corrected chi connectivity index (χ0v) is 21.5. The van der Waals surface area contributed by atoms with Gasteiger partial charge in [0.2, 0.25) is 5.91 Å². The van der Waals surface area contributed by atoms with Crippen molar-refractivity contribution in [2.45, 2.75) is 45.4 Å². The zero-order valence-electron chi connectivity index (χ0n) is 21.5. The number of benzene rings is 2. The molecular weight excluding hydrogens is 474 g/mol. The Labute approximate surface area is 221 Å². The van der Waals surface area contributed by atoms with E-state index in [-0.39, 0.29) is 17.2 Å². The molecule has 3 N–H and O–H groups in total. The molecule has 4 bridgehead atoms. The first-order valence-corrected chi connectivity index (χ1v) is 13.5. The Morgan fingerprint density at radius 2 is 1.68 bits per heavy atom. The lowest BCUT2D eigenvalue weighted by Crippen LogP contribution is -2.55. The Balaban J connectivity index is 1.06. The van der Waals surface area contributed by atoms with Crippen LogP contribution < -0.4 is 10.6 Å². The van der Waals surface area contributed by atoms with Gasteiger partial charge in [0.1, 0.15) is 11.5 Å². The van der Waals surface area contributed by atoms with E-state index >= 15 is 0 Å². The van der Waals surface area contributed by atoms with Gasteiger partial charge in [0.15, 0.2) is 0 Å². The Morgan fingerprint density at radius 3 is 2.39 bits per heavy atom. The molecule has 4 aliphatic carbocycles.